The van der Waals surface area contributed by atoms with Crippen LogP contribution in [0.15, 0.2) is 0 Å². The van der Waals surface area contributed by atoms with Crippen molar-refractivity contribution in [2.24, 2.45) is 11.8 Å². The zero-order valence-corrected chi connectivity index (χ0v) is 46.0. The lowest BCUT2D eigenvalue weighted by molar-refractivity contribution is -0.167. The first-order chi connectivity index (χ1) is 32.8. The number of carbonyl (C=O) groups excluding carboxylic acids is 3. The summed E-state index contributed by atoms with van der Waals surface area (Å²) in [6.45, 7) is 11.4. The van der Waals surface area contributed by atoms with E-state index in [0.29, 0.717) is 19.3 Å². The molecule has 0 aliphatic rings. The SMILES string of the molecule is CCCCCCCCCCCCCCCCCCCC(=O)OC[C@@H](COC(=O)CCCCCCCCCCCCCCCCCCCCC(C)CC)OC(=O)CCCCCCCCCC(C)C. The highest BCUT2D eigenvalue weighted by Gasteiger charge is 2.19. The second kappa shape index (κ2) is 53.8. The molecule has 0 aliphatic heterocycles. The molecule has 398 valence electrons. The predicted molar refractivity (Wildman–Crippen MR) is 289 cm³/mol. The van der Waals surface area contributed by atoms with Crippen molar-refractivity contribution in [3.8, 4) is 0 Å². The minimum Gasteiger partial charge on any atom is -0.462 e. The van der Waals surface area contributed by atoms with Crippen LogP contribution in [0.1, 0.15) is 343 Å². The van der Waals surface area contributed by atoms with Crippen LogP contribution in [0, 0.1) is 11.8 Å². The minimum atomic E-state index is -0.763. The first-order valence-electron chi connectivity index (χ1n) is 30.3. The van der Waals surface area contributed by atoms with Gasteiger partial charge in [-0.1, -0.05) is 304 Å². The monoisotopic (exact) mass is 947 g/mol. The number of ether oxygens (including phenoxy) is 3. The molecule has 0 rings (SSSR count). The van der Waals surface area contributed by atoms with Crippen molar-refractivity contribution in [3.05, 3.63) is 0 Å². The van der Waals surface area contributed by atoms with Gasteiger partial charge in [0.2, 0.25) is 0 Å². The molecule has 0 aromatic heterocycles. The molecular formula is C61H118O6. The Morgan fingerprint density at radius 3 is 0.851 bits per heavy atom. The normalized spacial score (nSPS) is 12.4. The van der Waals surface area contributed by atoms with Gasteiger partial charge >= 0.3 is 17.9 Å². The third-order valence-electron chi connectivity index (χ3n) is 14.3. The fourth-order valence-corrected chi connectivity index (χ4v) is 9.37. The van der Waals surface area contributed by atoms with Gasteiger partial charge in [-0.2, -0.15) is 0 Å². The smallest absolute Gasteiger partial charge is 0.306 e. The summed E-state index contributed by atoms with van der Waals surface area (Å²) in [5, 5.41) is 0. The molecule has 1 unspecified atom stereocenters. The van der Waals surface area contributed by atoms with Crippen molar-refractivity contribution >= 4 is 17.9 Å². The Kier molecular flexibility index (Phi) is 52.5. The summed E-state index contributed by atoms with van der Waals surface area (Å²) >= 11 is 0. The predicted octanol–water partition coefficient (Wildman–Crippen LogP) is 20.0. The summed E-state index contributed by atoms with van der Waals surface area (Å²) in [5.41, 5.74) is 0. The second-order valence-electron chi connectivity index (χ2n) is 21.7. The Balaban J connectivity index is 4.17. The molecule has 0 saturated carbocycles. The Hall–Kier alpha value is -1.59. The largest absolute Gasteiger partial charge is 0.462 e. The summed E-state index contributed by atoms with van der Waals surface area (Å²) in [7, 11) is 0. The highest BCUT2D eigenvalue weighted by molar-refractivity contribution is 5.71. The van der Waals surface area contributed by atoms with Gasteiger partial charge in [0.05, 0.1) is 0 Å². The molecule has 0 aromatic carbocycles. The topological polar surface area (TPSA) is 78.9 Å². The Bertz CT molecular complexity index is 1030. The highest BCUT2D eigenvalue weighted by Crippen LogP contribution is 2.19. The maximum atomic E-state index is 12.8. The van der Waals surface area contributed by atoms with Crippen molar-refractivity contribution in [2.75, 3.05) is 13.2 Å². The zero-order valence-electron chi connectivity index (χ0n) is 46.0. The lowest BCUT2D eigenvalue weighted by Crippen LogP contribution is -2.30. The number of hydrogen-bond acceptors (Lipinski definition) is 6. The first-order valence-corrected chi connectivity index (χ1v) is 30.3. The Labute approximate surface area is 418 Å². The maximum absolute atomic E-state index is 12.8. The molecule has 6 heteroatoms. The van der Waals surface area contributed by atoms with E-state index in [1.54, 1.807) is 0 Å². The molecule has 0 heterocycles. The third kappa shape index (κ3) is 53.6. The molecule has 6 nitrogen and oxygen atoms in total. The van der Waals surface area contributed by atoms with E-state index in [-0.39, 0.29) is 31.1 Å². The second-order valence-corrected chi connectivity index (χ2v) is 21.7. The van der Waals surface area contributed by atoms with E-state index in [1.165, 1.54) is 231 Å². The van der Waals surface area contributed by atoms with Crippen molar-refractivity contribution in [3.63, 3.8) is 0 Å². The lowest BCUT2D eigenvalue weighted by Gasteiger charge is -2.18. The van der Waals surface area contributed by atoms with Crippen molar-refractivity contribution in [1.29, 1.82) is 0 Å². The van der Waals surface area contributed by atoms with Crippen LogP contribution in [-0.4, -0.2) is 37.2 Å². The van der Waals surface area contributed by atoms with Crippen molar-refractivity contribution < 1.29 is 28.6 Å². The summed E-state index contributed by atoms with van der Waals surface area (Å²) in [6, 6.07) is 0. The van der Waals surface area contributed by atoms with Gasteiger partial charge in [-0.25, -0.2) is 0 Å². The molecule has 0 spiro atoms. The summed E-state index contributed by atoms with van der Waals surface area (Å²) in [4.78, 5) is 38.1. The third-order valence-corrected chi connectivity index (χ3v) is 14.3. The van der Waals surface area contributed by atoms with Crippen LogP contribution in [0.5, 0.6) is 0 Å². The van der Waals surface area contributed by atoms with Crippen molar-refractivity contribution in [2.45, 2.75) is 349 Å². The molecule has 67 heavy (non-hydrogen) atoms. The van der Waals surface area contributed by atoms with Gasteiger partial charge in [0, 0.05) is 19.3 Å². The van der Waals surface area contributed by atoms with Gasteiger partial charge in [0.25, 0.3) is 0 Å². The molecule has 0 fully saturated rings. The van der Waals surface area contributed by atoms with Gasteiger partial charge in [0.15, 0.2) is 6.10 Å². The zero-order chi connectivity index (χ0) is 48.9. The number of hydrogen-bond donors (Lipinski definition) is 0. The average Bonchev–Trinajstić information content (AvgIpc) is 3.31. The molecule has 0 amide bonds. The summed E-state index contributed by atoms with van der Waals surface area (Å²) in [5.74, 6) is 0.847. The molecule has 0 aliphatic carbocycles. The van der Waals surface area contributed by atoms with E-state index < -0.39 is 6.10 Å². The fraction of sp³-hybridized carbons (Fsp3) is 0.951. The average molecular weight is 948 g/mol. The summed E-state index contributed by atoms with van der Waals surface area (Å²) < 4.78 is 16.9. The quantitative estimate of drug-likeness (QED) is 0.0343. The van der Waals surface area contributed by atoms with Crippen LogP contribution < -0.4 is 0 Å². The van der Waals surface area contributed by atoms with Crippen molar-refractivity contribution in [1.82, 2.24) is 0 Å². The highest BCUT2D eigenvalue weighted by atomic mass is 16.6. The van der Waals surface area contributed by atoms with Crippen LogP contribution in [0.4, 0.5) is 0 Å². The maximum Gasteiger partial charge on any atom is 0.306 e. The number of carbonyl (C=O) groups is 3. The molecule has 0 aromatic rings. The van der Waals surface area contributed by atoms with Crippen LogP contribution >= 0.6 is 0 Å². The van der Waals surface area contributed by atoms with E-state index >= 15 is 0 Å². The fourth-order valence-electron chi connectivity index (χ4n) is 9.37. The van der Waals surface area contributed by atoms with Gasteiger partial charge < -0.3 is 14.2 Å². The summed E-state index contributed by atoms with van der Waals surface area (Å²) in [6.07, 6.45) is 58.2. The molecule has 0 N–H and O–H groups in total. The van der Waals surface area contributed by atoms with E-state index in [9.17, 15) is 14.4 Å². The number of unbranched alkanes of at least 4 members (excludes halogenated alkanes) is 39. The minimum absolute atomic E-state index is 0.0634. The van der Waals surface area contributed by atoms with E-state index in [0.717, 1.165) is 69.6 Å². The van der Waals surface area contributed by atoms with E-state index in [1.807, 2.05) is 0 Å². The first kappa shape index (κ1) is 65.4. The Morgan fingerprint density at radius 1 is 0.313 bits per heavy atom. The van der Waals surface area contributed by atoms with E-state index in [2.05, 4.69) is 34.6 Å². The molecule has 0 saturated heterocycles. The molecule has 0 bridgehead atoms. The lowest BCUT2D eigenvalue weighted by atomic mass is 9.99. The van der Waals surface area contributed by atoms with Crippen LogP contribution in [0.25, 0.3) is 0 Å². The Morgan fingerprint density at radius 2 is 0.567 bits per heavy atom. The van der Waals surface area contributed by atoms with Gasteiger partial charge in [-0.3, -0.25) is 14.4 Å². The van der Waals surface area contributed by atoms with Crippen LogP contribution in [0.3, 0.4) is 0 Å². The molecule has 0 radical (unpaired) electrons. The van der Waals surface area contributed by atoms with Crippen LogP contribution in [-0.2, 0) is 28.6 Å². The van der Waals surface area contributed by atoms with E-state index in [4.69, 9.17) is 14.2 Å². The molecular weight excluding hydrogens is 829 g/mol. The van der Waals surface area contributed by atoms with Crippen LogP contribution in [0.2, 0.25) is 0 Å². The van der Waals surface area contributed by atoms with Gasteiger partial charge in [-0.05, 0) is 31.1 Å². The van der Waals surface area contributed by atoms with Gasteiger partial charge in [0.1, 0.15) is 13.2 Å². The number of esters is 3. The van der Waals surface area contributed by atoms with Gasteiger partial charge in [-0.15, -0.1) is 0 Å². The number of rotatable bonds is 55. The standard InChI is InChI=1S/C61H118O6/c1-6-8-9-10-11-12-13-14-15-18-22-25-28-31-36-41-46-51-59(62)65-54-58(67-61(64)53-48-43-38-33-34-39-44-49-56(3)4)55-66-60(63)52-47-42-37-32-29-26-23-20-17-16-19-21-24-27-30-35-40-45-50-57(5)7-2/h56-58H,6-55H2,1-5H3/t57?,58-/m0/s1. The molecule has 2 atom stereocenters.